The summed E-state index contributed by atoms with van der Waals surface area (Å²) in [7, 11) is 0. The van der Waals surface area contributed by atoms with Gasteiger partial charge in [0.25, 0.3) is 0 Å². The van der Waals surface area contributed by atoms with E-state index in [1.54, 1.807) is 0 Å². The van der Waals surface area contributed by atoms with Crippen molar-refractivity contribution in [1.82, 2.24) is 5.32 Å². The first-order chi connectivity index (χ1) is 8.31. The van der Waals surface area contributed by atoms with Crippen molar-refractivity contribution in [2.45, 2.75) is 75.8 Å². The molecule has 3 nitrogen and oxygen atoms in total. The second kappa shape index (κ2) is 22.5. The largest absolute Gasteiger partial charge is 0.315 e. The highest BCUT2D eigenvalue weighted by atomic mass is 14.9. The van der Waals surface area contributed by atoms with E-state index in [1.165, 1.54) is 0 Å². The molecule has 0 aliphatic heterocycles. The van der Waals surface area contributed by atoms with E-state index in [4.69, 9.17) is 0 Å². The van der Waals surface area contributed by atoms with E-state index in [2.05, 4.69) is 36.1 Å². The van der Waals surface area contributed by atoms with Gasteiger partial charge in [-0.15, -0.1) is 0 Å². The van der Waals surface area contributed by atoms with E-state index in [1.807, 2.05) is 41.5 Å². The molecule has 0 aromatic rings. The van der Waals surface area contributed by atoms with Crippen molar-refractivity contribution in [2.24, 2.45) is 9.98 Å². The lowest BCUT2D eigenvalue weighted by molar-refractivity contribution is 0.613. The Balaban J connectivity index is -0.0000000865. The van der Waals surface area contributed by atoms with Crippen LogP contribution in [0.5, 0.6) is 0 Å². The zero-order chi connectivity index (χ0) is 15.0. The maximum absolute atomic E-state index is 4.04. The van der Waals surface area contributed by atoms with E-state index < -0.39 is 0 Å². The van der Waals surface area contributed by atoms with Crippen molar-refractivity contribution in [3.05, 3.63) is 0 Å². The summed E-state index contributed by atoms with van der Waals surface area (Å²) >= 11 is 0. The molecule has 0 aliphatic carbocycles. The fourth-order valence-electron chi connectivity index (χ4n) is 1.04. The highest BCUT2D eigenvalue weighted by Crippen LogP contribution is 1.71. The molecule has 19 heavy (non-hydrogen) atoms. The third kappa shape index (κ3) is 58.8. The Kier molecular flexibility index (Phi) is 31.7. The molecule has 3 heteroatoms. The van der Waals surface area contributed by atoms with Gasteiger partial charge >= 0.3 is 0 Å². The number of hydrogen-bond acceptors (Lipinski definition) is 3. The average molecular weight is 274 g/mol. The van der Waals surface area contributed by atoms with Crippen LogP contribution in [-0.4, -0.2) is 37.1 Å². The smallest absolute Gasteiger partial charge is 0.0360 e. The van der Waals surface area contributed by atoms with E-state index in [9.17, 15) is 0 Å². The van der Waals surface area contributed by atoms with Crippen molar-refractivity contribution in [2.75, 3.05) is 19.6 Å². The number of nitrogens with one attached hydrogen (secondary N) is 1. The number of aliphatic imine (C=N–C) groups is 2. The molecule has 0 aromatic carbocycles. The molecule has 0 radical (unpaired) electrons. The molecular weight excluding hydrogens is 234 g/mol. The monoisotopic (exact) mass is 273 g/mol. The van der Waals surface area contributed by atoms with Crippen LogP contribution in [0.4, 0.5) is 0 Å². The topological polar surface area (TPSA) is 36.8 Å². The van der Waals surface area contributed by atoms with Gasteiger partial charge in [0, 0.05) is 30.6 Å². The summed E-state index contributed by atoms with van der Waals surface area (Å²) in [6, 6.07) is 0.648. The minimum atomic E-state index is 0. The molecule has 118 valence electrons. The second-order valence-electron chi connectivity index (χ2n) is 4.56. The minimum Gasteiger partial charge on any atom is -0.315 e. The summed E-state index contributed by atoms with van der Waals surface area (Å²) in [6.07, 6.45) is 0. The van der Waals surface area contributed by atoms with Gasteiger partial charge in [-0.2, -0.15) is 0 Å². The number of hydrogen-bond donors (Lipinski definition) is 1. The van der Waals surface area contributed by atoms with Gasteiger partial charge in [0.2, 0.25) is 0 Å². The summed E-state index contributed by atoms with van der Waals surface area (Å²) < 4.78 is 0. The van der Waals surface area contributed by atoms with Crippen molar-refractivity contribution in [3.63, 3.8) is 0 Å². The Morgan fingerprint density at radius 1 is 0.842 bits per heavy atom. The van der Waals surface area contributed by atoms with Gasteiger partial charge in [0.15, 0.2) is 0 Å². The lowest BCUT2D eigenvalue weighted by atomic mass is 10.4. The Labute approximate surface area is 123 Å². The van der Waals surface area contributed by atoms with E-state index in [-0.39, 0.29) is 7.43 Å². The molecule has 0 saturated heterocycles. The fraction of sp³-hybridized carbons (Fsp3) is 0.875. The molecular formula is C16H39N3. The lowest BCUT2D eigenvalue weighted by Crippen LogP contribution is -2.21. The fourth-order valence-corrected chi connectivity index (χ4v) is 1.04. The highest BCUT2D eigenvalue weighted by Gasteiger charge is 1.82. The molecule has 0 fully saturated rings. The molecule has 0 amide bonds. The molecule has 0 aliphatic rings. The first-order valence-electron chi connectivity index (χ1n) is 7.00. The quantitative estimate of drug-likeness (QED) is 0.746. The van der Waals surface area contributed by atoms with Gasteiger partial charge in [-0.25, -0.2) is 0 Å². The van der Waals surface area contributed by atoms with Gasteiger partial charge in [-0.3, -0.25) is 9.98 Å². The van der Waals surface area contributed by atoms with E-state index in [0.717, 1.165) is 31.1 Å². The molecule has 0 rings (SSSR count). The first-order valence-corrected chi connectivity index (χ1v) is 7.00. The van der Waals surface area contributed by atoms with Gasteiger partial charge in [0.05, 0.1) is 0 Å². The van der Waals surface area contributed by atoms with Crippen LogP contribution in [0.25, 0.3) is 0 Å². The SMILES string of the molecule is C.CCN=C(C)C.CCN=C(C)C.CCNC(C)C. The molecule has 0 heterocycles. The summed E-state index contributed by atoms with van der Waals surface area (Å²) in [5.74, 6) is 0. The van der Waals surface area contributed by atoms with Crippen molar-refractivity contribution in [3.8, 4) is 0 Å². The Morgan fingerprint density at radius 3 is 1.16 bits per heavy atom. The summed E-state index contributed by atoms with van der Waals surface area (Å²) in [6.45, 7) is 21.4. The van der Waals surface area contributed by atoms with Crippen molar-refractivity contribution >= 4 is 11.4 Å². The van der Waals surface area contributed by atoms with Gasteiger partial charge in [-0.1, -0.05) is 28.2 Å². The molecule has 0 bridgehead atoms. The normalized spacial score (nSPS) is 8.11. The molecule has 1 N–H and O–H groups in total. The highest BCUT2D eigenvalue weighted by molar-refractivity contribution is 5.79. The third-order valence-electron chi connectivity index (χ3n) is 1.56. The van der Waals surface area contributed by atoms with Crippen LogP contribution in [0.2, 0.25) is 0 Å². The summed E-state index contributed by atoms with van der Waals surface area (Å²) in [5.41, 5.74) is 2.33. The Morgan fingerprint density at radius 2 is 1.16 bits per heavy atom. The van der Waals surface area contributed by atoms with Gasteiger partial charge < -0.3 is 5.32 Å². The lowest BCUT2D eigenvalue weighted by Gasteiger charge is -2.00. The predicted octanol–water partition coefficient (Wildman–Crippen LogP) is 4.61. The Bertz CT molecular complexity index is 180. The summed E-state index contributed by atoms with van der Waals surface area (Å²) in [4.78, 5) is 8.08. The van der Waals surface area contributed by atoms with Crippen molar-refractivity contribution in [1.29, 1.82) is 0 Å². The number of nitrogens with zero attached hydrogens (tertiary/aromatic N) is 2. The van der Waals surface area contributed by atoms with Gasteiger partial charge in [0.1, 0.15) is 0 Å². The van der Waals surface area contributed by atoms with Crippen molar-refractivity contribution < 1.29 is 0 Å². The molecule has 0 spiro atoms. The predicted molar refractivity (Wildman–Crippen MR) is 94.2 cm³/mol. The third-order valence-corrected chi connectivity index (χ3v) is 1.56. The average Bonchev–Trinajstić information content (AvgIpc) is 2.18. The van der Waals surface area contributed by atoms with Crippen LogP contribution in [0.1, 0.15) is 69.7 Å². The van der Waals surface area contributed by atoms with Gasteiger partial charge in [-0.05, 0) is 48.1 Å². The van der Waals surface area contributed by atoms with Crippen LogP contribution >= 0.6 is 0 Å². The van der Waals surface area contributed by atoms with Crippen LogP contribution in [-0.2, 0) is 0 Å². The molecule has 0 unspecified atom stereocenters. The van der Waals surface area contributed by atoms with Crippen LogP contribution in [0, 0.1) is 0 Å². The molecule has 0 atom stereocenters. The standard InChI is InChI=1S/C5H13N.2C5H11N.CH4/c3*1-4-6-5(2)3;/h5-6H,4H2,1-3H3;2*4H2,1-3H3;1H4. The first kappa shape index (κ1) is 26.8. The zero-order valence-electron chi connectivity index (χ0n) is 14.1. The minimum absolute atomic E-state index is 0. The zero-order valence-corrected chi connectivity index (χ0v) is 14.1. The molecule has 0 aromatic heterocycles. The van der Waals surface area contributed by atoms with Crippen LogP contribution < -0.4 is 5.32 Å². The Hall–Kier alpha value is -0.700. The molecule has 0 saturated carbocycles. The van der Waals surface area contributed by atoms with Crippen LogP contribution in [0.3, 0.4) is 0 Å². The van der Waals surface area contributed by atoms with E-state index in [0.29, 0.717) is 6.04 Å². The van der Waals surface area contributed by atoms with Crippen LogP contribution in [0.15, 0.2) is 9.98 Å². The number of rotatable bonds is 4. The summed E-state index contributed by atoms with van der Waals surface area (Å²) in [5, 5.41) is 3.21. The van der Waals surface area contributed by atoms with E-state index >= 15 is 0 Å². The second-order valence-corrected chi connectivity index (χ2v) is 4.56. The maximum atomic E-state index is 4.04. The maximum Gasteiger partial charge on any atom is 0.0360 e.